The molecule has 11 heteroatoms. The minimum atomic E-state index is 0.123. The molecule has 0 saturated heterocycles. The average molecular weight is 776 g/mol. The summed E-state index contributed by atoms with van der Waals surface area (Å²) in [5.41, 5.74) is 9.79. The van der Waals surface area contributed by atoms with Gasteiger partial charge in [-0.15, -0.1) is 10.9 Å². The number of aromatic nitrogens is 4. The Morgan fingerprint density at radius 2 is 0.887 bits per heavy atom. The summed E-state index contributed by atoms with van der Waals surface area (Å²) in [5.74, 6) is 1.08. The first-order chi connectivity index (χ1) is 30.3. The van der Waals surface area contributed by atoms with Crippen LogP contribution in [0.5, 0.6) is 0 Å². The van der Waals surface area contributed by atoms with Crippen LogP contribution in [0.1, 0.15) is 0 Å². The van der Waals surface area contributed by atoms with Crippen molar-refractivity contribution in [2.24, 2.45) is 0 Å². The zero-order valence-corrected chi connectivity index (χ0v) is 33.2. The van der Waals surface area contributed by atoms with E-state index in [1.807, 2.05) is 109 Å². The van der Waals surface area contributed by atoms with Crippen molar-refractivity contribution in [1.29, 1.82) is 0 Å². The molecular formula is C51H26B6N4O. The van der Waals surface area contributed by atoms with Crippen molar-refractivity contribution in [2.75, 3.05) is 0 Å². The maximum atomic E-state index is 7.21. The fourth-order valence-electron chi connectivity index (χ4n) is 8.70. The predicted molar refractivity (Wildman–Crippen MR) is 261 cm³/mol. The van der Waals surface area contributed by atoms with Gasteiger partial charge in [0.1, 0.15) is 58.2 Å². The van der Waals surface area contributed by atoms with Crippen molar-refractivity contribution >= 4 is 124 Å². The molecule has 3 aromatic heterocycles. The number of hydrogen-bond donors (Lipinski definition) is 0. The van der Waals surface area contributed by atoms with E-state index >= 15 is 0 Å². The Morgan fingerprint density at radius 1 is 0.371 bits per heavy atom. The Bertz CT molecular complexity index is 3520. The molecular weight excluding hydrogens is 749 g/mol. The highest BCUT2D eigenvalue weighted by atomic mass is 16.3. The second-order valence-electron chi connectivity index (χ2n) is 15.3. The lowest BCUT2D eigenvalue weighted by molar-refractivity contribution is 0.673. The van der Waals surface area contributed by atoms with E-state index in [1.54, 1.807) is 0 Å². The number of rotatable bonds is 6. The molecule has 0 N–H and O–H groups in total. The Labute approximate surface area is 365 Å². The van der Waals surface area contributed by atoms with E-state index in [0.717, 1.165) is 55.2 Å². The van der Waals surface area contributed by atoms with Crippen molar-refractivity contribution in [3.05, 3.63) is 158 Å². The Morgan fingerprint density at radius 3 is 1.50 bits per heavy atom. The Balaban J connectivity index is 1.29. The van der Waals surface area contributed by atoms with Crippen LogP contribution in [0.3, 0.4) is 0 Å². The first kappa shape index (κ1) is 37.7. The van der Waals surface area contributed by atoms with Crippen LogP contribution in [-0.4, -0.2) is 66.6 Å². The monoisotopic (exact) mass is 776 g/mol. The first-order valence-electron chi connectivity index (χ1n) is 20.0. The molecule has 0 fully saturated rings. The second kappa shape index (κ2) is 14.7. The van der Waals surface area contributed by atoms with Crippen molar-refractivity contribution in [2.45, 2.75) is 0 Å². The standard InChI is InChI=1S/C51H26B6N4O/c52-40-37-38-46(61-34-24-14-13-23-32(34)36-33(28-17-7-2-8-18-28)25-31(26-35(36)61)27-15-5-1-6-16-27)44(56)43(55)45(57)48(38)62-47(37)39(41(53)42(40)54)51-59-49(29-19-9-3-10-20-29)58-50(60-51)30-21-11-4-12-22-30/h1-26H. The number of nitrogens with zero attached hydrogens (tertiary/aromatic N) is 4. The van der Waals surface area contributed by atoms with Gasteiger partial charge in [0.05, 0.1) is 27.7 Å². The molecule has 5 nitrogen and oxygen atoms in total. The fraction of sp³-hybridized carbons (Fsp3) is 0. The lowest BCUT2D eigenvalue weighted by atomic mass is 9.67. The third-order valence-electron chi connectivity index (χ3n) is 11.7. The third kappa shape index (κ3) is 5.83. The lowest BCUT2D eigenvalue weighted by Crippen LogP contribution is -2.42. The van der Waals surface area contributed by atoms with Gasteiger partial charge in [-0.25, -0.2) is 15.0 Å². The Kier molecular flexibility index (Phi) is 8.97. The van der Waals surface area contributed by atoms with Gasteiger partial charge in [0.15, 0.2) is 17.5 Å². The first-order valence-corrected chi connectivity index (χ1v) is 20.0. The van der Waals surface area contributed by atoms with Gasteiger partial charge >= 0.3 is 0 Å². The Hall–Kier alpha value is -7.24. The van der Waals surface area contributed by atoms with Gasteiger partial charge in [0.2, 0.25) is 0 Å². The van der Waals surface area contributed by atoms with Crippen molar-refractivity contribution in [1.82, 2.24) is 19.5 Å². The van der Waals surface area contributed by atoms with E-state index < -0.39 is 0 Å². The summed E-state index contributed by atoms with van der Waals surface area (Å²) in [6.07, 6.45) is 0. The number of hydrogen-bond acceptors (Lipinski definition) is 4. The molecule has 0 aliphatic rings. The molecule has 0 saturated carbocycles. The van der Waals surface area contributed by atoms with E-state index in [9.17, 15) is 0 Å². The topological polar surface area (TPSA) is 56.7 Å². The summed E-state index contributed by atoms with van der Waals surface area (Å²) in [6.45, 7) is 0. The van der Waals surface area contributed by atoms with Gasteiger partial charge in [-0.2, -0.15) is 0 Å². The smallest absolute Gasteiger partial charge is 0.167 e. The summed E-state index contributed by atoms with van der Waals surface area (Å²) in [4.78, 5) is 14.9. The molecule has 11 aromatic rings. The van der Waals surface area contributed by atoms with Gasteiger partial charge in [0.25, 0.3) is 0 Å². The lowest BCUT2D eigenvalue weighted by Gasteiger charge is -2.20. The molecule has 8 aromatic carbocycles. The third-order valence-corrected chi connectivity index (χ3v) is 11.7. The fourth-order valence-corrected chi connectivity index (χ4v) is 8.70. The van der Waals surface area contributed by atoms with E-state index in [-0.39, 0.29) is 49.8 Å². The van der Waals surface area contributed by atoms with Gasteiger partial charge in [0, 0.05) is 27.3 Å². The average Bonchev–Trinajstić information content (AvgIpc) is 3.88. The van der Waals surface area contributed by atoms with Crippen molar-refractivity contribution in [3.63, 3.8) is 0 Å². The van der Waals surface area contributed by atoms with E-state index in [4.69, 9.17) is 66.4 Å². The van der Waals surface area contributed by atoms with E-state index in [2.05, 4.69) is 53.1 Å². The van der Waals surface area contributed by atoms with E-state index in [0.29, 0.717) is 33.7 Å². The highest BCUT2D eigenvalue weighted by Crippen LogP contribution is 2.43. The van der Waals surface area contributed by atoms with Gasteiger partial charge in [-0.05, 0) is 40.5 Å². The van der Waals surface area contributed by atoms with Crippen LogP contribution in [0.2, 0.25) is 0 Å². The number of furan rings is 1. The molecule has 0 spiro atoms. The molecule has 11 rings (SSSR count). The molecule has 0 unspecified atom stereocenters. The minimum Gasteiger partial charge on any atom is -0.456 e. The molecule has 274 valence electrons. The minimum absolute atomic E-state index is 0.123. The number of fused-ring (bicyclic) bond motifs is 6. The van der Waals surface area contributed by atoms with Gasteiger partial charge in [-0.3, -0.25) is 0 Å². The molecule has 0 amide bonds. The number of benzene rings is 8. The van der Waals surface area contributed by atoms with Crippen LogP contribution in [0, 0.1) is 0 Å². The molecule has 62 heavy (non-hydrogen) atoms. The largest absolute Gasteiger partial charge is 0.456 e. The highest BCUT2D eigenvalue weighted by Gasteiger charge is 2.28. The quantitative estimate of drug-likeness (QED) is 0.196. The second-order valence-corrected chi connectivity index (χ2v) is 15.3. The zero-order chi connectivity index (χ0) is 42.2. The molecule has 3 heterocycles. The SMILES string of the molecule is [B]c1c([B])c(-n2c3ccccc3c3c(-c4ccccc4)cc(-c4ccccc4)cc32)c2c(oc3c(-c4nc(-c5ccccc5)nc(-c5ccccc5)n4)c([B])c([B])c([B])c32)c1[B]. The maximum Gasteiger partial charge on any atom is 0.167 e. The van der Waals surface area contributed by atoms with Crippen LogP contribution in [-0.2, 0) is 0 Å². The number of para-hydroxylation sites is 1. The van der Waals surface area contributed by atoms with E-state index in [1.165, 1.54) is 0 Å². The van der Waals surface area contributed by atoms with Crippen molar-refractivity contribution in [3.8, 4) is 62.1 Å². The summed E-state index contributed by atoms with van der Waals surface area (Å²) >= 11 is 0. The van der Waals surface area contributed by atoms with Crippen LogP contribution in [0.25, 0.3) is 106 Å². The zero-order valence-electron chi connectivity index (χ0n) is 33.2. The van der Waals surface area contributed by atoms with Crippen LogP contribution < -0.4 is 32.8 Å². The van der Waals surface area contributed by atoms with Gasteiger partial charge in [-0.1, -0.05) is 161 Å². The van der Waals surface area contributed by atoms with Crippen LogP contribution in [0.4, 0.5) is 0 Å². The predicted octanol–water partition coefficient (Wildman–Crippen LogP) is 5.97. The van der Waals surface area contributed by atoms with Crippen molar-refractivity contribution < 1.29 is 4.42 Å². The molecule has 0 bridgehead atoms. The molecule has 0 aliphatic heterocycles. The normalized spacial score (nSPS) is 11.6. The maximum absolute atomic E-state index is 7.21. The molecule has 0 aliphatic carbocycles. The van der Waals surface area contributed by atoms with Crippen LogP contribution in [0.15, 0.2) is 162 Å². The summed E-state index contributed by atoms with van der Waals surface area (Å²) < 4.78 is 9.00. The molecule has 12 radical (unpaired) electrons. The highest BCUT2D eigenvalue weighted by molar-refractivity contribution is 6.65. The molecule has 0 atom stereocenters. The van der Waals surface area contributed by atoms with Gasteiger partial charge < -0.3 is 8.98 Å². The summed E-state index contributed by atoms with van der Waals surface area (Å²) in [6, 6.07) is 52.5. The summed E-state index contributed by atoms with van der Waals surface area (Å²) in [5, 5.41) is 2.96. The summed E-state index contributed by atoms with van der Waals surface area (Å²) in [7, 11) is 41.9. The van der Waals surface area contributed by atoms with Crippen LogP contribution >= 0.6 is 0 Å².